The van der Waals surface area contributed by atoms with Crippen LogP contribution in [0.5, 0.6) is 5.75 Å². The number of aromatic nitrogens is 4. The second kappa shape index (κ2) is 9.85. The van der Waals surface area contributed by atoms with Crippen LogP contribution < -0.4 is 15.2 Å². The van der Waals surface area contributed by atoms with Gasteiger partial charge in [-0.1, -0.05) is 24.3 Å². The smallest absolute Gasteiger partial charge is 0.273 e. The molecule has 0 unspecified atom stereocenters. The number of hydrogen-bond acceptors (Lipinski definition) is 6. The van der Waals surface area contributed by atoms with Gasteiger partial charge in [-0.15, -0.1) is 0 Å². The highest BCUT2D eigenvalue weighted by molar-refractivity contribution is 5.78. The quantitative estimate of drug-likeness (QED) is 0.417. The number of nitrogens with zero attached hydrogens (tertiary/aromatic N) is 6. The minimum Gasteiger partial charge on any atom is -0.497 e. The first-order chi connectivity index (χ1) is 17.5. The maximum absolute atomic E-state index is 13.1. The van der Waals surface area contributed by atoms with E-state index in [0.29, 0.717) is 36.4 Å². The van der Waals surface area contributed by atoms with E-state index in [-0.39, 0.29) is 17.9 Å². The second-order valence-electron chi connectivity index (χ2n) is 9.00. The molecule has 0 atom stereocenters. The van der Waals surface area contributed by atoms with Gasteiger partial charge in [-0.05, 0) is 31.2 Å². The number of hydrogen-bond donors (Lipinski definition) is 0. The van der Waals surface area contributed by atoms with Crippen molar-refractivity contribution in [3.63, 3.8) is 0 Å². The Labute approximate surface area is 209 Å². The average Bonchev–Trinajstić information content (AvgIpc) is 3.26. The van der Waals surface area contributed by atoms with Gasteiger partial charge in [0.2, 0.25) is 5.91 Å². The fourth-order valence-corrected chi connectivity index (χ4v) is 4.73. The van der Waals surface area contributed by atoms with Gasteiger partial charge in [0, 0.05) is 57.8 Å². The van der Waals surface area contributed by atoms with E-state index in [4.69, 9.17) is 4.74 Å². The molecular formula is C27H30N6O3. The lowest BCUT2D eigenvalue weighted by Crippen LogP contribution is -2.49. The molecule has 0 spiro atoms. The van der Waals surface area contributed by atoms with Crippen LogP contribution >= 0.6 is 0 Å². The first kappa shape index (κ1) is 23.6. The number of anilines is 1. The topological polar surface area (TPSA) is 85.5 Å². The summed E-state index contributed by atoms with van der Waals surface area (Å²) in [5.74, 6) is 0.863. The molecule has 0 bridgehead atoms. The van der Waals surface area contributed by atoms with Gasteiger partial charge in [0.25, 0.3) is 5.56 Å². The van der Waals surface area contributed by atoms with Gasteiger partial charge in [0.1, 0.15) is 17.0 Å². The predicted molar refractivity (Wildman–Crippen MR) is 139 cm³/mol. The van der Waals surface area contributed by atoms with Crippen LogP contribution in [0, 0.1) is 6.92 Å². The number of carbonyl (C=O) groups is 1. The largest absolute Gasteiger partial charge is 0.497 e. The van der Waals surface area contributed by atoms with E-state index in [0.717, 1.165) is 35.9 Å². The van der Waals surface area contributed by atoms with Crippen molar-refractivity contribution < 1.29 is 9.53 Å². The average molecular weight is 487 g/mol. The van der Waals surface area contributed by atoms with E-state index in [1.165, 1.54) is 0 Å². The molecule has 1 amide bonds. The highest BCUT2D eigenvalue weighted by Crippen LogP contribution is 2.23. The van der Waals surface area contributed by atoms with Crippen LogP contribution in [-0.2, 0) is 18.3 Å². The van der Waals surface area contributed by atoms with Crippen molar-refractivity contribution in [3.05, 3.63) is 76.3 Å². The second-order valence-corrected chi connectivity index (χ2v) is 9.00. The molecule has 5 rings (SSSR count). The van der Waals surface area contributed by atoms with Crippen molar-refractivity contribution in [3.8, 4) is 11.4 Å². The summed E-state index contributed by atoms with van der Waals surface area (Å²) in [5.41, 5.74) is 4.21. The molecule has 0 saturated carbocycles. The summed E-state index contributed by atoms with van der Waals surface area (Å²) >= 11 is 0. The number of ether oxygens (including phenoxy) is 1. The van der Waals surface area contributed by atoms with Crippen LogP contribution in [0.1, 0.15) is 17.8 Å². The number of rotatable bonds is 6. The van der Waals surface area contributed by atoms with E-state index < -0.39 is 0 Å². The molecule has 36 heavy (non-hydrogen) atoms. The third kappa shape index (κ3) is 4.44. The van der Waals surface area contributed by atoms with Crippen LogP contribution in [-0.4, -0.2) is 63.4 Å². The molecule has 0 radical (unpaired) electrons. The van der Waals surface area contributed by atoms with E-state index in [9.17, 15) is 9.59 Å². The van der Waals surface area contributed by atoms with Crippen LogP contribution in [0.4, 0.5) is 5.69 Å². The van der Waals surface area contributed by atoms with Gasteiger partial charge in [-0.25, -0.2) is 9.67 Å². The van der Waals surface area contributed by atoms with Crippen LogP contribution in [0.25, 0.3) is 16.9 Å². The Bertz CT molecular complexity index is 1450. The fraction of sp³-hybridized carbons (Fsp3) is 0.333. The van der Waals surface area contributed by atoms with Gasteiger partial charge in [-0.3, -0.25) is 14.2 Å². The molecule has 1 fully saturated rings. The lowest BCUT2D eigenvalue weighted by molar-refractivity contribution is -0.131. The highest BCUT2D eigenvalue weighted by Gasteiger charge is 2.23. The first-order valence-electron chi connectivity index (χ1n) is 12.1. The minimum atomic E-state index is -0.199. The van der Waals surface area contributed by atoms with Crippen LogP contribution in [0.2, 0.25) is 0 Å². The summed E-state index contributed by atoms with van der Waals surface area (Å²) in [4.78, 5) is 34.9. The standard InChI is InChI=1S/C27H30N6O3/c1-19-25-26(33(29-19)20-8-5-4-6-9-20)30(2)27(35)23(28-25)12-13-24(34)32-16-14-31(15-17-32)21-10-7-11-22(18-21)36-3/h4-11,18H,12-17H2,1-3H3. The van der Waals surface area contributed by atoms with Gasteiger partial charge >= 0.3 is 0 Å². The van der Waals surface area contributed by atoms with E-state index in [2.05, 4.69) is 21.0 Å². The SMILES string of the molecule is COc1cccc(N2CCN(C(=O)CCc3nc4c(C)nn(-c5ccccc5)c4n(C)c3=O)CC2)c1. The van der Waals surface area contributed by atoms with Crippen LogP contribution in [0.3, 0.4) is 0 Å². The van der Waals surface area contributed by atoms with Crippen molar-refractivity contribution >= 4 is 22.8 Å². The Hall–Kier alpha value is -4.14. The molecule has 9 heteroatoms. The summed E-state index contributed by atoms with van der Waals surface area (Å²) in [6, 6.07) is 17.6. The summed E-state index contributed by atoms with van der Waals surface area (Å²) in [7, 11) is 3.39. The lowest BCUT2D eigenvalue weighted by atomic mass is 10.2. The molecular weight excluding hydrogens is 456 g/mol. The monoisotopic (exact) mass is 486 g/mol. The van der Waals surface area contributed by atoms with E-state index in [1.54, 1.807) is 23.4 Å². The summed E-state index contributed by atoms with van der Waals surface area (Å²) in [6.07, 6.45) is 0.548. The molecule has 2 aromatic heterocycles. The van der Waals surface area contributed by atoms with Crippen molar-refractivity contribution in [1.29, 1.82) is 0 Å². The van der Waals surface area contributed by atoms with Gasteiger partial charge < -0.3 is 14.5 Å². The number of piperazine rings is 1. The first-order valence-corrected chi connectivity index (χ1v) is 12.1. The Morgan fingerprint density at radius 3 is 2.44 bits per heavy atom. The van der Waals surface area contributed by atoms with Gasteiger partial charge in [-0.2, -0.15) is 5.10 Å². The van der Waals surface area contributed by atoms with E-state index in [1.807, 2.05) is 60.4 Å². The number of benzene rings is 2. The Balaban J connectivity index is 1.28. The minimum absolute atomic E-state index is 0.0425. The summed E-state index contributed by atoms with van der Waals surface area (Å²) in [6.45, 7) is 4.68. The van der Waals surface area contributed by atoms with Gasteiger partial charge in [0.15, 0.2) is 5.65 Å². The zero-order chi connectivity index (χ0) is 25.2. The number of methoxy groups -OCH3 is 1. The summed E-state index contributed by atoms with van der Waals surface area (Å²) in [5, 5.41) is 4.62. The lowest BCUT2D eigenvalue weighted by Gasteiger charge is -2.36. The number of amides is 1. The van der Waals surface area contributed by atoms with Crippen molar-refractivity contribution in [2.45, 2.75) is 19.8 Å². The van der Waals surface area contributed by atoms with Crippen LogP contribution in [0.15, 0.2) is 59.4 Å². The molecule has 4 aromatic rings. The maximum atomic E-state index is 13.1. The molecule has 2 aromatic carbocycles. The predicted octanol–water partition coefficient (Wildman–Crippen LogP) is 2.72. The summed E-state index contributed by atoms with van der Waals surface area (Å²) < 4.78 is 8.66. The Kier molecular flexibility index (Phi) is 6.45. The number of fused-ring (bicyclic) bond motifs is 1. The third-order valence-corrected chi connectivity index (χ3v) is 6.75. The van der Waals surface area contributed by atoms with Gasteiger partial charge in [0.05, 0.1) is 18.5 Å². The van der Waals surface area contributed by atoms with Crippen molar-refractivity contribution in [2.24, 2.45) is 7.05 Å². The van der Waals surface area contributed by atoms with Crippen molar-refractivity contribution in [2.75, 3.05) is 38.2 Å². The zero-order valence-corrected chi connectivity index (χ0v) is 20.8. The molecule has 0 N–H and O–H groups in total. The molecule has 3 heterocycles. The number of para-hydroxylation sites is 1. The molecule has 1 aliphatic rings. The fourth-order valence-electron chi connectivity index (χ4n) is 4.73. The maximum Gasteiger partial charge on any atom is 0.273 e. The zero-order valence-electron chi connectivity index (χ0n) is 20.8. The Morgan fingerprint density at radius 2 is 1.72 bits per heavy atom. The molecule has 1 saturated heterocycles. The third-order valence-electron chi connectivity index (χ3n) is 6.75. The Morgan fingerprint density at radius 1 is 1.00 bits per heavy atom. The molecule has 186 valence electrons. The number of aryl methyl sites for hydroxylation is 3. The molecule has 9 nitrogen and oxygen atoms in total. The normalized spacial score (nSPS) is 13.9. The van der Waals surface area contributed by atoms with E-state index >= 15 is 0 Å². The molecule has 0 aliphatic carbocycles. The number of carbonyl (C=O) groups excluding carboxylic acids is 1. The molecule has 1 aliphatic heterocycles. The van der Waals surface area contributed by atoms with Crippen molar-refractivity contribution in [1.82, 2.24) is 24.2 Å². The highest BCUT2D eigenvalue weighted by atomic mass is 16.5.